The van der Waals surface area contributed by atoms with Crippen LogP contribution in [0.15, 0.2) is 109 Å². The van der Waals surface area contributed by atoms with E-state index in [2.05, 4.69) is 31.2 Å². The fourth-order valence-corrected chi connectivity index (χ4v) is 4.77. The van der Waals surface area contributed by atoms with Crippen LogP contribution in [0.2, 0.25) is 0 Å². The van der Waals surface area contributed by atoms with Gasteiger partial charge in [0.2, 0.25) is 0 Å². The second-order valence-corrected chi connectivity index (χ2v) is 9.54. The Bertz CT molecular complexity index is 1380. The van der Waals surface area contributed by atoms with Crippen LogP contribution in [0, 0.1) is 6.92 Å². The Morgan fingerprint density at radius 3 is 2.20 bits per heavy atom. The van der Waals surface area contributed by atoms with Gasteiger partial charge in [0.15, 0.2) is 0 Å². The highest BCUT2D eigenvalue weighted by Crippen LogP contribution is 2.27. The summed E-state index contributed by atoms with van der Waals surface area (Å²) in [5.41, 5.74) is 5.75. The largest absolute Gasteiger partial charge is 0.333 e. The predicted molar refractivity (Wildman–Crippen MR) is 143 cm³/mol. The van der Waals surface area contributed by atoms with E-state index in [1.807, 2.05) is 89.1 Å². The van der Waals surface area contributed by atoms with Crippen LogP contribution >= 0.6 is 11.3 Å². The number of nitrogens with zero attached hydrogens (tertiary/aromatic N) is 3. The van der Waals surface area contributed by atoms with Crippen LogP contribution in [0.25, 0.3) is 16.3 Å². The molecule has 0 spiro atoms. The van der Waals surface area contributed by atoms with Gasteiger partial charge < -0.3 is 4.90 Å². The molecule has 0 atom stereocenters. The number of rotatable bonds is 8. The van der Waals surface area contributed by atoms with Crippen LogP contribution in [0.5, 0.6) is 0 Å². The van der Waals surface area contributed by atoms with Gasteiger partial charge in [0, 0.05) is 13.1 Å². The summed E-state index contributed by atoms with van der Waals surface area (Å²) in [4.78, 5) is 17.1. The summed E-state index contributed by atoms with van der Waals surface area (Å²) in [6.07, 6.45) is 0.788. The van der Waals surface area contributed by atoms with Crippen LogP contribution < -0.4 is 0 Å². The lowest BCUT2D eigenvalue weighted by molar-refractivity contribution is 0.0736. The van der Waals surface area contributed by atoms with Crippen molar-refractivity contribution in [2.75, 3.05) is 6.54 Å². The Hall–Kier alpha value is -3.96. The number of hydrogen-bond donors (Lipinski definition) is 0. The van der Waals surface area contributed by atoms with Crippen molar-refractivity contribution >= 4 is 17.2 Å². The molecule has 0 unspecified atom stereocenters. The molecule has 0 aliphatic rings. The van der Waals surface area contributed by atoms with Gasteiger partial charge in [-0.3, -0.25) is 4.79 Å². The number of benzene rings is 3. The molecule has 174 valence electrons. The van der Waals surface area contributed by atoms with E-state index in [1.165, 1.54) is 11.1 Å². The van der Waals surface area contributed by atoms with E-state index in [4.69, 9.17) is 5.10 Å². The first kappa shape index (κ1) is 22.8. The zero-order valence-corrected chi connectivity index (χ0v) is 20.5. The van der Waals surface area contributed by atoms with E-state index in [0.29, 0.717) is 18.8 Å². The van der Waals surface area contributed by atoms with Crippen LogP contribution in [0.4, 0.5) is 0 Å². The molecule has 0 aliphatic carbocycles. The van der Waals surface area contributed by atoms with Crippen molar-refractivity contribution in [3.05, 3.63) is 131 Å². The summed E-state index contributed by atoms with van der Waals surface area (Å²) < 4.78 is 1.79. The van der Waals surface area contributed by atoms with Crippen LogP contribution in [0.3, 0.4) is 0 Å². The van der Waals surface area contributed by atoms with Gasteiger partial charge in [-0.15, -0.1) is 11.3 Å². The van der Waals surface area contributed by atoms with E-state index >= 15 is 0 Å². The zero-order chi connectivity index (χ0) is 24.0. The second kappa shape index (κ2) is 10.5. The first-order valence-electron chi connectivity index (χ1n) is 11.8. The summed E-state index contributed by atoms with van der Waals surface area (Å²) in [6.45, 7) is 3.21. The van der Waals surface area contributed by atoms with Gasteiger partial charge in [-0.1, -0.05) is 84.4 Å². The molecule has 35 heavy (non-hydrogen) atoms. The molecule has 0 aliphatic heterocycles. The van der Waals surface area contributed by atoms with Crippen molar-refractivity contribution in [2.45, 2.75) is 19.9 Å². The third kappa shape index (κ3) is 5.42. The highest BCUT2D eigenvalue weighted by atomic mass is 32.1. The van der Waals surface area contributed by atoms with Gasteiger partial charge >= 0.3 is 0 Å². The topological polar surface area (TPSA) is 38.1 Å². The van der Waals surface area contributed by atoms with Crippen LogP contribution in [-0.2, 0) is 13.0 Å². The number of thiophene rings is 1. The standard InChI is InChI=1S/C30H27N3OS/c1-23-14-16-26(17-15-23)33-28(21-27(31-33)29-13-8-20-35-29)30(34)32(22-25-11-6-3-7-12-25)19-18-24-9-4-2-5-10-24/h2-17,20-21H,18-19,22H2,1H3. The third-order valence-electron chi connectivity index (χ3n) is 6.00. The molecule has 0 saturated carbocycles. The molecule has 0 saturated heterocycles. The van der Waals surface area contributed by atoms with Crippen molar-refractivity contribution in [1.29, 1.82) is 0 Å². The Morgan fingerprint density at radius 2 is 1.54 bits per heavy atom. The molecular weight excluding hydrogens is 450 g/mol. The van der Waals surface area contributed by atoms with E-state index in [1.54, 1.807) is 16.0 Å². The van der Waals surface area contributed by atoms with Gasteiger partial charge in [0.05, 0.1) is 10.6 Å². The quantitative estimate of drug-likeness (QED) is 0.247. The van der Waals surface area contributed by atoms with Crippen LogP contribution in [0.1, 0.15) is 27.2 Å². The zero-order valence-electron chi connectivity index (χ0n) is 19.7. The molecule has 5 aromatic rings. The average molecular weight is 478 g/mol. The molecule has 3 aromatic carbocycles. The van der Waals surface area contributed by atoms with Crippen molar-refractivity contribution in [3.63, 3.8) is 0 Å². The Kier molecular flexibility index (Phi) is 6.87. The third-order valence-corrected chi connectivity index (χ3v) is 6.89. The molecule has 4 nitrogen and oxygen atoms in total. The summed E-state index contributed by atoms with van der Waals surface area (Å²) in [5, 5.41) is 6.89. The number of aryl methyl sites for hydroxylation is 1. The molecule has 2 heterocycles. The molecule has 1 amide bonds. The number of carbonyl (C=O) groups is 1. The molecule has 0 N–H and O–H groups in total. The maximum absolute atomic E-state index is 14.1. The molecule has 0 bridgehead atoms. The van der Waals surface area contributed by atoms with E-state index < -0.39 is 0 Å². The van der Waals surface area contributed by atoms with Crippen LogP contribution in [-0.4, -0.2) is 27.1 Å². The second-order valence-electron chi connectivity index (χ2n) is 8.59. The Labute approximate surface area is 210 Å². The van der Waals surface area contributed by atoms with Crippen molar-refractivity contribution in [1.82, 2.24) is 14.7 Å². The van der Waals surface area contributed by atoms with Gasteiger partial charge in [-0.05, 0) is 54.1 Å². The molecular formula is C30H27N3OS. The summed E-state index contributed by atoms with van der Waals surface area (Å²) in [6, 6.07) is 34.6. The summed E-state index contributed by atoms with van der Waals surface area (Å²) in [5.74, 6) is -0.0272. The smallest absolute Gasteiger partial charge is 0.272 e. The molecule has 5 rings (SSSR count). The minimum absolute atomic E-state index is 0.0272. The summed E-state index contributed by atoms with van der Waals surface area (Å²) in [7, 11) is 0. The van der Waals surface area contributed by atoms with Crippen molar-refractivity contribution in [3.8, 4) is 16.3 Å². The minimum atomic E-state index is -0.0272. The van der Waals surface area contributed by atoms with Crippen molar-refractivity contribution < 1.29 is 4.79 Å². The molecule has 5 heteroatoms. The molecule has 0 fully saturated rings. The maximum Gasteiger partial charge on any atom is 0.272 e. The lowest BCUT2D eigenvalue weighted by Crippen LogP contribution is -2.34. The lowest BCUT2D eigenvalue weighted by atomic mass is 10.1. The molecule has 2 aromatic heterocycles. The van der Waals surface area contributed by atoms with Gasteiger partial charge in [0.1, 0.15) is 11.4 Å². The SMILES string of the molecule is Cc1ccc(-n2nc(-c3cccs3)cc2C(=O)N(CCc2ccccc2)Cc2ccccc2)cc1. The lowest BCUT2D eigenvalue weighted by Gasteiger charge is -2.23. The van der Waals surface area contributed by atoms with E-state index in [9.17, 15) is 4.79 Å². The minimum Gasteiger partial charge on any atom is -0.333 e. The predicted octanol–water partition coefficient (Wildman–Crippen LogP) is 6.79. The number of carbonyl (C=O) groups excluding carboxylic acids is 1. The van der Waals surface area contributed by atoms with E-state index in [0.717, 1.165) is 28.2 Å². The first-order valence-corrected chi connectivity index (χ1v) is 12.6. The van der Waals surface area contributed by atoms with E-state index in [-0.39, 0.29) is 5.91 Å². The Balaban J connectivity index is 1.52. The number of aromatic nitrogens is 2. The Morgan fingerprint density at radius 1 is 0.857 bits per heavy atom. The fraction of sp³-hybridized carbons (Fsp3) is 0.133. The fourth-order valence-electron chi connectivity index (χ4n) is 4.09. The molecule has 0 radical (unpaired) electrons. The number of hydrogen-bond acceptors (Lipinski definition) is 3. The monoisotopic (exact) mass is 477 g/mol. The highest BCUT2D eigenvalue weighted by Gasteiger charge is 2.23. The van der Waals surface area contributed by atoms with Crippen molar-refractivity contribution in [2.24, 2.45) is 0 Å². The number of amides is 1. The first-order chi connectivity index (χ1) is 17.2. The maximum atomic E-state index is 14.1. The average Bonchev–Trinajstić information content (AvgIpc) is 3.58. The van der Waals surface area contributed by atoms with Gasteiger partial charge in [-0.2, -0.15) is 5.10 Å². The highest BCUT2D eigenvalue weighted by molar-refractivity contribution is 7.13. The van der Waals surface area contributed by atoms with Gasteiger partial charge in [0.25, 0.3) is 5.91 Å². The normalized spacial score (nSPS) is 10.9. The van der Waals surface area contributed by atoms with Gasteiger partial charge in [-0.25, -0.2) is 4.68 Å². The summed E-state index contributed by atoms with van der Waals surface area (Å²) >= 11 is 1.63.